The Balaban J connectivity index is 2.04. The number of aromatic nitrogens is 5. The van der Waals surface area contributed by atoms with Crippen molar-refractivity contribution < 1.29 is 4.74 Å². The van der Waals surface area contributed by atoms with Crippen molar-refractivity contribution in [1.82, 2.24) is 23.1 Å². The number of fused-ring (bicyclic) bond motifs is 3. The van der Waals surface area contributed by atoms with Gasteiger partial charge in [0.2, 0.25) is 5.78 Å². The standard InChI is InChI=1S/C19H25N5O3/c1-11(2)9-23-17(25)15-16(21(5)19(23)26)20-18-22(10-14-7-6-8-27-14)12(3)13(4)24(15)18/h14H,1,6-10H2,2-5H3. The molecule has 1 aliphatic heterocycles. The van der Waals surface area contributed by atoms with Gasteiger partial charge in [0.25, 0.3) is 5.56 Å². The van der Waals surface area contributed by atoms with Crippen LogP contribution in [0, 0.1) is 13.8 Å². The molecule has 0 N–H and O–H groups in total. The summed E-state index contributed by atoms with van der Waals surface area (Å²) in [5.41, 5.74) is 2.87. The lowest BCUT2D eigenvalue weighted by atomic mass is 10.2. The van der Waals surface area contributed by atoms with Gasteiger partial charge in [-0.05, 0) is 33.6 Å². The van der Waals surface area contributed by atoms with Crippen LogP contribution in [0.25, 0.3) is 16.9 Å². The molecule has 3 aromatic heterocycles. The molecule has 8 heteroatoms. The van der Waals surface area contributed by atoms with Crippen LogP contribution in [-0.4, -0.2) is 35.8 Å². The molecule has 1 atom stereocenters. The second kappa shape index (κ2) is 6.23. The Bertz CT molecular complexity index is 1180. The van der Waals surface area contributed by atoms with Crippen molar-refractivity contribution in [3.63, 3.8) is 0 Å². The molecule has 1 aliphatic rings. The molecule has 0 amide bonds. The van der Waals surface area contributed by atoms with E-state index in [2.05, 4.69) is 16.1 Å². The zero-order valence-electron chi connectivity index (χ0n) is 16.3. The molecule has 8 nitrogen and oxygen atoms in total. The Morgan fingerprint density at radius 3 is 2.63 bits per heavy atom. The Labute approximate surface area is 156 Å². The Kier molecular flexibility index (Phi) is 4.10. The largest absolute Gasteiger partial charge is 0.376 e. The summed E-state index contributed by atoms with van der Waals surface area (Å²) in [5, 5.41) is 0. The summed E-state index contributed by atoms with van der Waals surface area (Å²) in [6, 6.07) is 0. The van der Waals surface area contributed by atoms with Gasteiger partial charge in [0.15, 0.2) is 11.2 Å². The van der Waals surface area contributed by atoms with Gasteiger partial charge in [0.1, 0.15) is 0 Å². The Morgan fingerprint density at radius 2 is 2.00 bits per heavy atom. The smallest absolute Gasteiger partial charge is 0.332 e. The zero-order valence-corrected chi connectivity index (χ0v) is 16.3. The van der Waals surface area contributed by atoms with Gasteiger partial charge in [-0.2, -0.15) is 4.98 Å². The van der Waals surface area contributed by atoms with E-state index in [0.717, 1.165) is 36.4 Å². The molecule has 0 aliphatic carbocycles. The van der Waals surface area contributed by atoms with Crippen molar-refractivity contribution in [2.45, 2.75) is 52.8 Å². The van der Waals surface area contributed by atoms with Gasteiger partial charge in [-0.15, -0.1) is 0 Å². The number of rotatable bonds is 4. The lowest BCUT2D eigenvalue weighted by Gasteiger charge is -2.12. The van der Waals surface area contributed by atoms with E-state index in [1.807, 2.05) is 18.2 Å². The molecule has 0 bridgehead atoms. The highest BCUT2D eigenvalue weighted by Crippen LogP contribution is 2.23. The van der Waals surface area contributed by atoms with E-state index < -0.39 is 0 Å². The minimum absolute atomic E-state index is 0.156. The number of hydrogen-bond acceptors (Lipinski definition) is 4. The second-order valence-corrected chi connectivity index (χ2v) is 7.53. The Hall–Kier alpha value is -2.61. The highest BCUT2D eigenvalue weighted by atomic mass is 16.5. The van der Waals surface area contributed by atoms with Crippen LogP contribution in [0.2, 0.25) is 0 Å². The zero-order chi connectivity index (χ0) is 19.5. The maximum atomic E-state index is 13.1. The lowest BCUT2D eigenvalue weighted by Crippen LogP contribution is -2.39. The van der Waals surface area contributed by atoms with E-state index in [1.54, 1.807) is 14.0 Å². The van der Waals surface area contributed by atoms with Crippen molar-refractivity contribution in [3.8, 4) is 0 Å². The fourth-order valence-corrected chi connectivity index (χ4v) is 3.93. The van der Waals surface area contributed by atoms with Crippen LogP contribution in [0.15, 0.2) is 21.7 Å². The van der Waals surface area contributed by atoms with Gasteiger partial charge < -0.3 is 9.30 Å². The maximum Gasteiger partial charge on any atom is 0.332 e. The number of allylic oxidation sites excluding steroid dienone is 1. The van der Waals surface area contributed by atoms with Crippen LogP contribution in [0.4, 0.5) is 0 Å². The third-order valence-electron chi connectivity index (χ3n) is 5.47. The summed E-state index contributed by atoms with van der Waals surface area (Å²) in [6.07, 6.45) is 2.24. The van der Waals surface area contributed by atoms with Crippen LogP contribution in [0.3, 0.4) is 0 Å². The van der Waals surface area contributed by atoms with Gasteiger partial charge in [-0.3, -0.25) is 18.3 Å². The average Bonchev–Trinajstić information content (AvgIpc) is 3.31. The van der Waals surface area contributed by atoms with E-state index >= 15 is 0 Å². The number of hydrogen-bond donors (Lipinski definition) is 0. The first-order valence-electron chi connectivity index (χ1n) is 9.25. The Morgan fingerprint density at radius 1 is 1.26 bits per heavy atom. The molecular formula is C19H25N5O3. The van der Waals surface area contributed by atoms with Crippen LogP contribution in [-0.2, 0) is 24.9 Å². The fraction of sp³-hybridized carbons (Fsp3) is 0.526. The molecule has 4 rings (SSSR count). The quantitative estimate of drug-likeness (QED) is 0.652. The number of aryl methyl sites for hydroxylation is 2. The molecule has 4 heterocycles. The monoisotopic (exact) mass is 371 g/mol. The summed E-state index contributed by atoms with van der Waals surface area (Å²) in [4.78, 5) is 30.5. The van der Waals surface area contributed by atoms with Crippen molar-refractivity contribution in [2.24, 2.45) is 7.05 Å². The SMILES string of the molecule is C=C(C)Cn1c(=O)c2c(nc3n(CC4CCCO4)c(C)c(C)n23)n(C)c1=O. The number of imidazole rings is 2. The van der Waals surface area contributed by atoms with E-state index in [9.17, 15) is 9.59 Å². The van der Waals surface area contributed by atoms with Crippen molar-refractivity contribution in [2.75, 3.05) is 6.61 Å². The van der Waals surface area contributed by atoms with Crippen LogP contribution in [0.5, 0.6) is 0 Å². The third-order valence-corrected chi connectivity index (χ3v) is 5.47. The van der Waals surface area contributed by atoms with Gasteiger partial charge in [-0.25, -0.2) is 4.79 Å². The van der Waals surface area contributed by atoms with Crippen molar-refractivity contribution in [1.29, 1.82) is 0 Å². The topological polar surface area (TPSA) is 75.5 Å². The van der Waals surface area contributed by atoms with Crippen molar-refractivity contribution in [3.05, 3.63) is 44.4 Å². The van der Waals surface area contributed by atoms with Crippen LogP contribution >= 0.6 is 0 Å². The molecule has 1 fully saturated rings. The summed E-state index contributed by atoms with van der Waals surface area (Å²) in [6.45, 7) is 11.3. The van der Waals surface area contributed by atoms with Gasteiger partial charge in [0, 0.05) is 25.0 Å². The average molecular weight is 371 g/mol. The summed E-state index contributed by atoms with van der Waals surface area (Å²) in [7, 11) is 1.65. The highest BCUT2D eigenvalue weighted by Gasteiger charge is 2.25. The molecular weight excluding hydrogens is 346 g/mol. The second-order valence-electron chi connectivity index (χ2n) is 7.53. The number of ether oxygens (including phenoxy) is 1. The van der Waals surface area contributed by atoms with Gasteiger partial charge in [-0.1, -0.05) is 12.2 Å². The van der Waals surface area contributed by atoms with Crippen LogP contribution < -0.4 is 11.2 Å². The fourth-order valence-electron chi connectivity index (χ4n) is 3.93. The minimum Gasteiger partial charge on any atom is -0.376 e. The first kappa shape index (κ1) is 17.8. The maximum absolute atomic E-state index is 13.1. The van der Waals surface area contributed by atoms with E-state index in [1.165, 1.54) is 9.13 Å². The van der Waals surface area contributed by atoms with Gasteiger partial charge >= 0.3 is 5.69 Å². The van der Waals surface area contributed by atoms with E-state index in [4.69, 9.17) is 4.74 Å². The summed E-state index contributed by atoms with van der Waals surface area (Å²) >= 11 is 0. The molecule has 0 radical (unpaired) electrons. The van der Waals surface area contributed by atoms with Gasteiger partial charge in [0.05, 0.1) is 19.2 Å². The molecule has 1 saturated heterocycles. The van der Waals surface area contributed by atoms with Crippen LogP contribution in [0.1, 0.15) is 31.2 Å². The first-order valence-corrected chi connectivity index (χ1v) is 9.25. The molecule has 0 saturated carbocycles. The van der Waals surface area contributed by atoms with E-state index in [-0.39, 0.29) is 23.9 Å². The molecule has 3 aromatic rings. The first-order chi connectivity index (χ1) is 12.8. The summed E-state index contributed by atoms with van der Waals surface area (Å²) < 4.78 is 12.4. The molecule has 1 unspecified atom stereocenters. The molecule has 144 valence electrons. The van der Waals surface area contributed by atoms with E-state index in [0.29, 0.717) is 23.5 Å². The molecule has 0 spiro atoms. The number of nitrogens with zero attached hydrogens (tertiary/aromatic N) is 5. The molecule has 0 aromatic carbocycles. The lowest BCUT2D eigenvalue weighted by molar-refractivity contribution is 0.0974. The molecule has 27 heavy (non-hydrogen) atoms. The minimum atomic E-state index is -0.378. The highest BCUT2D eigenvalue weighted by molar-refractivity contribution is 5.76. The van der Waals surface area contributed by atoms with Crippen molar-refractivity contribution >= 4 is 16.9 Å². The summed E-state index contributed by atoms with van der Waals surface area (Å²) in [5.74, 6) is 0.677. The third kappa shape index (κ3) is 2.58. The predicted molar refractivity (Wildman–Crippen MR) is 103 cm³/mol. The predicted octanol–water partition coefficient (Wildman–Crippen LogP) is 1.52. The normalized spacial score (nSPS) is 17.4.